The van der Waals surface area contributed by atoms with Crippen molar-refractivity contribution < 1.29 is 0 Å². The Morgan fingerprint density at radius 2 is 1.86 bits per heavy atom. The lowest BCUT2D eigenvalue weighted by Gasteiger charge is -2.48. The van der Waals surface area contributed by atoms with E-state index in [9.17, 15) is 0 Å². The van der Waals surface area contributed by atoms with Crippen LogP contribution in [0.2, 0.25) is 0 Å². The quantitative estimate of drug-likeness (QED) is 0.769. The van der Waals surface area contributed by atoms with E-state index in [1.807, 2.05) is 12.4 Å². The topological polar surface area (TPSA) is 38.9 Å². The van der Waals surface area contributed by atoms with Crippen molar-refractivity contribution in [2.75, 3.05) is 6.54 Å². The molecule has 0 atom stereocenters. The van der Waals surface area contributed by atoms with Gasteiger partial charge in [0.1, 0.15) is 0 Å². The molecule has 1 spiro atoms. The van der Waals surface area contributed by atoms with Crippen LogP contribution in [0.1, 0.15) is 31.2 Å². The summed E-state index contributed by atoms with van der Waals surface area (Å²) in [6.45, 7) is 0.790. The number of rotatable bonds is 2. The summed E-state index contributed by atoms with van der Waals surface area (Å²) >= 11 is 0. The SMILES string of the molecule is NCC1(c2ccncc2)CC2(CC2)C1. The Hall–Kier alpha value is -0.890. The fraction of sp³-hybridized carbons (Fsp3) is 0.583. The number of pyridine rings is 1. The van der Waals surface area contributed by atoms with Crippen molar-refractivity contribution in [3.8, 4) is 0 Å². The molecule has 3 rings (SSSR count). The second-order valence-electron chi connectivity index (χ2n) is 5.07. The standard InChI is InChI=1S/C12H16N2/c13-9-12(7-11(8-12)3-4-11)10-1-5-14-6-2-10/h1-2,5-6H,3-4,7-9,13H2. The van der Waals surface area contributed by atoms with Gasteiger partial charge < -0.3 is 5.73 Å². The Labute approximate surface area is 84.5 Å². The van der Waals surface area contributed by atoms with Crippen LogP contribution in [0, 0.1) is 5.41 Å². The third-order valence-corrected chi connectivity index (χ3v) is 4.07. The van der Waals surface area contributed by atoms with Gasteiger partial charge in [-0.25, -0.2) is 0 Å². The Bertz CT molecular complexity index is 333. The fourth-order valence-electron chi connectivity index (χ4n) is 3.09. The van der Waals surface area contributed by atoms with Gasteiger partial charge >= 0.3 is 0 Å². The third kappa shape index (κ3) is 1.04. The first-order valence-corrected chi connectivity index (χ1v) is 5.39. The van der Waals surface area contributed by atoms with Gasteiger partial charge in [0.05, 0.1) is 0 Å². The van der Waals surface area contributed by atoms with Crippen molar-refractivity contribution in [3.05, 3.63) is 30.1 Å². The van der Waals surface area contributed by atoms with Crippen molar-refractivity contribution in [2.45, 2.75) is 31.1 Å². The zero-order valence-corrected chi connectivity index (χ0v) is 8.37. The highest BCUT2D eigenvalue weighted by Crippen LogP contribution is 2.68. The number of aromatic nitrogens is 1. The summed E-state index contributed by atoms with van der Waals surface area (Å²) < 4.78 is 0. The first-order valence-electron chi connectivity index (χ1n) is 5.39. The number of nitrogens with zero attached hydrogens (tertiary/aromatic N) is 1. The Balaban J connectivity index is 1.88. The second-order valence-corrected chi connectivity index (χ2v) is 5.07. The van der Waals surface area contributed by atoms with Gasteiger partial charge in [0.15, 0.2) is 0 Å². The van der Waals surface area contributed by atoms with E-state index >= 15 is 0 Å². The first-order chi connectivity index (χ1) is 6.79. The van der Waals surface area contributed by atoms with Crippen LogP contribution in [0.15, 0.2) is 24.5 Å². The van der Waals surface area contributed by atoms with Crippen LogP contribution < -0.4 is 5.73 Å². The number of hydrogen-bond acceptors (Lipinski definition) is 2. The normalized spacial score (nSPS) is 25.8. The minimum atomic E-state index is 0.291. The minimum Gasteiger partial charge on any atom is -0.330 e. The highest BCUT2D eigenvalue weighted by atomic mass is 14.7. The molecule has 0 bridgehead atoms. The predicted octanol–water partition coefficient (Wildman–Crippen LogP) is 1.85. The van der Waals surface area contributed by atoms with Gasteiger partial charge in [0, 0.05) is 24.4 Å². The van der Waals surface area contributed by atoms with Gasteiger partial charge in [-0.3, -0.25) is 4.98 Å². The van der Waals surface area contributed by atoms with Crippen LogP contribution in [0.25, 0.3) is 0 Å². The molecule has 1 heterocycles. The van der Waals surface area contributed by atoms with Gasteiger partial charge in [-0.15, -0.1) is 0 Å². The lowest BCUT2D eigenvalue weighted by molar-refractivity contribution is 0.126. The Kier molecular flexibility index (Phi) is 1.55. The van der Waals surface area contributed by atoms with Gasteiger partial charge in [-0.1, -0.05) is 0 Å². The van der Waals surface area contributed by atoms with Crippen LogP contribution in [-0.4, -0.2) is 11.5 Å². The average molecular weight is 188 g/mol. The van der Waals surface area contributed by atoms with Gasteiger partial charge in [-0.05, 0) is 48.8 Å². The van der Waals surface area contributed by atoms with E-state index in [1.54, 1.807) is 0 Å². The van der Waals surface area contributed by atoms with Crippen molar-refractivity contribution in [2.24, 2.45) is 11.1 Å². The number of hydrogen-bond donors (Lipinski definition) is 1. The maximum absolute atomic E-state index is 5.93. The fourth-order valence-corrected chi connectivity index (χ4v) is 3.09. The molecule has 0 unspecified atom stereocenters. The maximum Gasteiger partial charge on any atom is 0.0270 e. The monoisotopic (exact) mass is 188 g/mol. The van der Waals surface area contributed by atoms with E-state index in [0.29, 0.717) is 10.8 Å². The molecule has 1 aromatic heterocycles. The summed E-state index contributed by atoms with van der Waals surface area (Å²) in [6.07, 6.45) is 9.23. The van der Waals surface area contributed by atoms with Crippen LogP contribution >= 0.6 is 0 Å². The molecule has 2 heteroatoms. The summed E-state index contributed by atoms with van der Waals surface area (Å²) in [4.78, 5) is 4.06. The maximum atomic E-state index is 5.93. The zero-order chi connectivity index (χ0) is 9.65. The molecule has 74 valence electrons. The van der Waals surface area contributed by atoms with Crippen molar-refractivity contribution in [1.82, 2.24) is 4.98 Å². The summed E-state index contributed by atoms with van der Waals surface area (Å²) in [5.41, 5.74) is 8.33. The molecule has 1 aromatic rings. The van der Waals surface area contributed by atoms with E-state index in [-0.39, 0.29) is 0 Å². The van der Waals surface area contributed by atoms with Gasteiger partial charge in [0.2, 0.25) is 0 Å². The molecule has 2 aliphatic rings. The van der Waals surface area contributed by atoms with E-state index < -0.39 is 0 Å². The molecule has 2 N–H and O–H groups in total. The molecule has 2 saturated carbocycles. The molecular weight excluding hydrogens is 172 g/mol. The predicted molar refractivity (Wildman–Crippen MR) is 55.9 cm³/mol. The smallest absolute Gasteiger partial charge is 0.0270 e. The molecular formula is C12H16N2. The summed E-state index contributed by atoms with van der Waals surface area (Å²) in [5, 5.41) is 0. The molecule has 0 amide bonds. The highest BCUT2D eigenvalue weighted by Gasteiger charge is 2.60. The van der Waals surface area contributed by atoms with Crippen molar-refractivity contribution in [3.63, 3.8) is 0 Å². The van der Waals surface area contributed by atoms with E-state index in [2.05, 4.69) is 17.1 Å². The summed E-state index contributed by atoms with van der Waals surface area (Å²) in [7, 11) is 0. The second kappa shape index (κ2) is 2.57. The summed E-state index contributed by atoms with van der Waals surface area (Å²) in [5.74, 6) is 0. The Morgan fingerprint density at radius 1 is 1.21 bits per heavy atom. The van der Waals surface area contributed by atoms with E-state index in [4.69, 9.17) is 5.73 Å². The van der Waals surface area contributed by atoms with Gasteiger partial charge in [0.25, 0.3) is 0 Å². The Morgan fingerprint density at radius 3 is 2.36 bits per heavy atom. The van der Waals surface area contributed by atoms with Crippen LogP contribution in [0.5, 0.6) is 0 Å². The van der Waals surface area contributed by atoms with Crippen LogP contribution in [0.4, 0.5) is 0 Å². The van der Waals surface area contributed by atoms with Crippen molar-refractivity contribution in [1.29, 1.82) is 0 Å². The lowest BCUT2D eigenvalue weighted by Crippen LogP contribution is -2.48. The van der Waals surface area contributed by atoms with E-state index in [1.165, 1.54) is 31.2 Å². The number of nitrogens with two attached hydrogens (primary N) is 1. The molecule has 2 nitrogen and oxygen atoms in total. The molecule has 0 aliphatic heterocycles. The molecule has 0 radical (unpaired) electrons. The lowest BCUT2D eigenvalue weighted by atomic mass is 9.56. The van der Waals surface area contributed by atoms with Crippen molar-refractivity contribution >= 4 is 0 Å². The van der Waals surface area contributed by atoms with Gasteiger partial charge in [-0.2, -0.15) is 0 Å². The van der Waals surface area contributed by atoms with Crippen LogP contribution in [0.3, 0.4) is 0 Å². The van der Waals surface area contributed by atoms with Crippen LogP contribution in [-0.2, 0) is 5.41 Å². The third-order valence-electron chi connectivity index (χ3n) is 4.07. The molecule has 0 saturated heterocycles. The largest absolute Gasteiger partial charge is 0.330 e. The minimum absolute atomic E-state index is 0.291. The van der Waals surface area contributed by atoms with E-state index in [0.717, 1.165) is 6.54 Å². The first kappa shape index (κ1) is 8.42. The molecule has 14 heavy (non-hydrogen) atoms. The summed E-state index contributed by atoms with van der Waals surface area (Å²) in [6, 6.07) is 4.25. The average Bonchev–Trinajstić information content (AvgIpc) is 2.96. The highest BCUT2D eigenvalue weighted by molar-refractivity contribution is 5.31. The zero-order valence-electron chi connectivity index (χ0n) is 8.37. The molecule has 2 fully saturated rings. The molecule has 0 aromatic carbocycles. The molecule has 2 aliphatic carbocycles.